The highest BCUT2D eigenvalue weighted by molar-refractivity contribution is 5.82. The van der Waals surface area contributed by atoms with Crippen LogP contribution in [0, 0.1) is 5.92 Å². The van der Waals surface area contributed by atoms with Gasteiger partial charge < -0.3 is 14.9 Å². The molecular weight excluding hydrogens is 264 g/mol. The van der Waals surface area contributed by atoms with Crippen molar-refractivity contribution in [3.63, 3.8) is 0 Å². The fraction of sp³-hybridized carbons (Fsp3) is 0.643. The van der Waals surface area contributed by atoms with Crippen molar-refractivity contribution in [1.29, 1.82) is 0 Å². The zero-order valence-electron chi connectivity index (χ0n) is 11.5. The second-order valence-electron chi connectivity index (χ2n) is 4.43. The molecule has 0 aromatic heterocycles. The molecule has 0 aliphatic heterocycles. The Morgan fingerprint density at radius 3 is 2.45 bits per heavy atom. The summed E-state index contributed by atoms with van der Waals surface area (Å²) in [5.74, 6) is -2.04. The molecule has 0 fully saturated rings. The number of carboxylic acids is 1. The molecule has 0 bridgehead atoms. The molecule has 6 nitrogen and oxygen atoms in total. The molecule has 0 aliphatic rings. The van der Waals surface area contributed by atoms with Crippen molar-refractivity contribution >= 4 is 17.7 Å². The quantitative estimate of drug-likeness (QED) is 0.319. The van der Waals surface area contributed by atoms with E-state index < -0.39 is 17.9 Å². The highest BCUT2D eigenvalue weighted by Gasteiger charge is 2.15. The van der Waals surface area contributed by atoms with Gasteiger partial charge in [0.15, 0.2) is 0 Å². The lowest BCUT2D eigenvalue weighted by atomic mass is 10.00. The third kappa shape index (κ3) is 9.27. The van der Waals surface area contributed by atoms with Crippen LogP contribution in [0.15, 0.2) is 12.7 Å². The van der Waals surface area contributed by atoms with Crippen LogP contribution in [0.3, 0.4) is 0 Å². The van der Waals surface area contributed by atoms with Gasteiger partial charge in [0.1, 0.15) is 5.78 Å². The Kier molecular flexibility index (Phi) is 10.2. The maximum atomic E-state index is 11.3. The Balaban J connectivity index is 3.72. The van der Waals surface area contributed by atoms with E-state index in [0.717, 1.165) is 0 Å². The molecule has 6 heteroatoms. The Morgan fingerprint density at radius 1 is 1.20 bits per heavy atom. The van der Waals surface area contributed by atoms with E-state index in [-0.39, 0.29) is 38.3 Å². The number of carbonyl (C=O) groups is 3. The Labute approximate surface area is 118 Å². The van der Waals surface area contributed by atoms with Crippen molar-refractivity contribution in [2.75, 3.05) is 13.2 Å². The Bertz CT molecular complexity index is 337. The summed E-state index contributed by atoms with van der Waals surface area (Å²) in [6.07, 6.45) is 2.92. The predicted octanol–water partition coefficient (Wildman–Crippen LogP) is 1.32. The van der Waals surface area contributed by atoms with E-state index in [1.807, 2.05) is 0 Å². The number of allylic oxidation sites excluding steroid dienone is 1. The molecule has 114 valence electrons. The van der Waals surface area contributed by atoms with E-state index in [9.17, 15) is 14.4 Å². The van der Waals surface area contributed by atoms with Gasteiger partial charge in [-0.2, -0.15) is 0 Å². The number of hydrogen-bond acceptors (Lipinski definition) is 5. The van der Waals surface area contributed by atoms with E-state index >= 15 is 0 Å². The number of ketones is 1. The predicted molar refractivity (Wildman–Crippen MR) is 72.1 cm³/mol. The van der Waals surface area contributed by atoms with Crippen LogP contribution in [0.5, 0.6) is 0 Å². The van der Waals surface area contributed by atoms with Crippen molar-refractivity contribution in [2.24, 2.45) is 5.92 Å². The zero-order valence-corrected chi connectivity index (χ0v) is 11.5. The summed E-state index contributed by atoms with van der Waals surface area (Å²) in [4.78, 5) is 33.2. The molecule has 0 rings (SSSR count). The standard InChI is InChI=1S/C14H22O6/c1-2-4-11(14(18)19)5-3-10-20-13(17)7-6-12(16)8-9-15/h2,11,15H,1,3-10H2,(H,18,19). The summed E-state index contributed by atoms with van der Waals surface area (Å²) in [6, 6.07) is 0. The van der Waals surface area contributed by atoms with Gasteiger partial charge in [-0.05, 0) is 19.3 Å². The maximum Gasteiger partial charge on any atom is 0.306 e. The highest BCUT2D eigenvalue weighted by atomic mass is 16.5. The second-order valence-corrected chi connectivity index (χ2v) is 4.43. The summed E-state index contributed by atoms with van der Waals surface area (Å²) >= 11 is 0. The number of hydrogen-bond donors (Lipinski definition) is 2. The van der Waals surface area contributed by atoms with Crippen molar-refractivity contribution in [2.45, 2.75) is 38.5 Å². The molecular formula is C14H22O6. The number of Topliss-reactive ketones (excluding diaryl/α,β-unsaturated/α-hetero) is 1. The molecule has 0 spiro atoms. The van der Waals surface area contributed by atoms with E-state index in [1.54, 1.807) is 6.08 Å². The van der Waals surface area contributed by atoms with Crippen LogP contribution < -0.4 is 0 Å². The van der Waals surface area contributed by atoms with E-state index in [1.165, 1.54) is 0 Å². The number of aliphatic hydroxyl groups excluding tert-OH is 1. The van der Waals surface area contributed by atoms with Crippen molar-refractivity contribution in [1.82, 2.24) is 0 Å². The monoisotopic (exact) mass is 286 g/mol. The number of carbonyl (C=O) groups excluding carboxylic acids is 2. The fourth-order valence-corrected chi connectivity index (χ4v) is 1.62. The third-order valence-electron chi connectivity index (χ3n) is 2.76. The van der Waals surface area contributed by atoms with Crippen molar-refractivity contribution in [3.05, 3.63) is 12.7 Å². The van der Waals surface area contributed by atoms with Crippen LogP contribution in [-0.4, -0.2) is 41.1 Å². The third-order valence-corrected chi connectivity index (χ3v) is 2.76. The van der Waals surface area contributed by atoms with Gasteiger partial charge in [-0.15, -0.1) is 6.58 Å². The largest absolute Gasteiger partial charge is 0.481 e. The molecule has 2 N–H and O–H groups in total. The molecule has 0 saturated carbocycles. The number of ether oxygens (including phenoxy) is 1. The topological polar surface area (TPSA) is 101 Å². The van der Waals surface area contributed by atoms with Gasteiger partial charge in [-0.25, -0.2) is 0 Å². The maximum absolute atomic E-state index is 11.3. The van der Waals surface area contributed by atoms with Crippen molar-refractivity contribution < 1.29 is 29.3 Å². The van der Waals surface area contributed by atoms with Crippen LogP contribution in [0.4, 0.5) is 0 Å². The Morgan fingerprint density at radius 2 is 1.90 bits per heavy atom. The summed E-state index contributed by atoms with van der Waals surface area (Å²) in [6.45, 7) is 3.43. The minimum Gasteiger partial charge on any atom is -0.481 e. The molecule has 0 radical (unpaired) electrons. The van der Waals surface area contributed by atoms with Gasteiger partial charge in [0.05, 0.1) is 18.9 Å². The number of esters is 1. The molecule has 0 aromatic rings. The molecule has 0 aromatic carbocycles. The van der Waals surface area contributed by atoms with Gasteiger partial charge in [0.2, 0.25) is 0 Å². The van der Waals surface area contributed by atoms with Gasteiger partial charge in [-0.1, -0.05) is 6.08 Å². The first kappa shape index (κ1) is 18.3. The molecule has 20 heavy (non-hydrogen) atoms. The average Bonchev–Trinajstić information content (AvgIpc) is 2.40. The van der Waals surface area contributed by atoms with Gasteiger partial charge in [0.25, 0.3) is 0 Å². The second kappa shape index (κ2) is 11.2. The summed E-state index contributed by atoms with van der Waals surface area (Å²) in [5.41, 5.74) is 0. The first-order valence-corrected chi connectivity index (χ1v) is 6.63. The minimum absolute atomic E-state index is 0.00610. The summed E-state index contributed by atoms with van der Waals surface area (Å²) < 4.78 is 4.91. The van der Waals surface area contributed by atoms with Gasteiger partial charge in [-0.3, -0.25) is 14.4 Å². The first-order chi connectivity index (χ1) is 9.51. The first-order valence-electron chi connectivity index (χ1n) is 6.63. The zero-order chi connectivity index (χ0) is 15.4. The van der Waals surface area contributed by atoms with E-state index in [0.29, 0.717) is 19.3 Å². The lowest BCUT2D eigenvalue weighted by Crippen LogP contribution is -2.15. The molecule has 0 saturated heterocycles. The van der Waals surface area contributed by atoms with Crippen LogP contribution in [0.25, 0.3) is 0 Å². The lowest BCUT2D eigenvalue weighted by molar-refractivity contribution is -0.145. The Hall–Kier alpha value is -1.69. The number of carboxylic acid groups (broad SMARTS) is 1. The molecule has 0 aliphatic carbocycles. The van der Waals surface area contributed by atoms with Crippen molar-refractivity contribution in [3.8, 4) is 0 Å². The fourth-order valence-electron chi connectivity index (χ4n) is 1.62. The highest BCUT2D eigenvalue weighted by Crippen LogP contribution is 2.12. The molecule has 0 amide bonds. The average molecular weight is 286 g/mol. The molecule has 0 heterocycles. The molecule has 1 atom stereocenters. The lowest BCUT2D eigenvalue weighted by Gasteiger charge is -2.09. The van der Waals surface area contributed by atoms with Crippen LogP contribution in [0.1, 0.15) is 38.5 Å². The SMILES string of the molecule is C=CCC(CCCOC(=O)CCC(=O)CCO)C(=O)O. The number of aliphatic hydroxyl groups is 1. The summed E-state index contributed by atoms with van der Waals surface area (Å²) in [7, 11) is 0. The molecule has 1 unspecified atom stereocenters. The number of rotatable bonds is 12. The summed E-state index contributed by atoms with van der Waals surface area (Å²) in [5, 5.41) is 17.4. The van der Waals surface area contributed by atoms with E-state index in [2.05, 4.69) is 6.58 Å². The number of aliphatic carboxylic acids is 1. The minimum atomic E-state index is -0.883. The van der Waals surface area contributed by atoms with Gasteiger partial charge in [0, 0.05) is 19.4 Å². The van der Waals surface area contributed by atoms with Gasteiger partial charge >= 0.3 is 11.9 Å². The normalized spacial score (nSPS) is 11.7. The smallest absolute Gasteiger partial charge is 0.306 e. The van der Waals surface area contributed by atoms with Crippen LogP contribution >= 0.6 is 0 Å². The van der Waals surface area contributed by atoms with Crippen LogP contribution in [-0.2, 0) is 19.1 Å². The van der Waals surface area contributed by atoms with Crippen LogP contribution in [0.2, 0.25) is 0 Å². The van der Waals surface area contributed by atoms with E-state index in [4.69, 9.17) is 14.9 Å².